The summed E-state index contributed by atoms with van der Waals surface area (Å²) < 4.78 is 30.2. The van der Waals surface area contributed by atoms with Crippen molar-refractivity contribution in [1.82, 2.24) is 0 Å². The van der Waals surface area contributed by atoms with Gasteiger partial charge in [0.25, 0.3) is 0 Å². The topological polar surface area (TPSA) is 27.7 Å². The Kier molecular flexibility index (Phi) is 26.8. The van der Waals surface area contributed by atoms with E-state index in [1.165, 1.54) is 108 Å². The van der Waals surface area contributed by atoms with Crippen LogP contribution >= 0.6 is 0 Å². The van der Waals surface area contributed by atoms with Crippen molar-refractivity contribution in [3.8, 4) is 0 Å². The molecule has 0 saturated heterocycles. The van der Waals surface area contributed by atoms with E-state index in [9.17, 15) is 4.39 Å². The molecule has 3 nitrogen and oxygen atoms in total. The summed E-state index contributed by atoms with van der Waals surface area (Å²) >= 11 is 0. The fraction of sp³-hybridized carbons (Fsp3) is 0.824. The maximum Gasteiger partial charge on any atom is 0.104 e. The summed E-state index contributed by atoms with van der Waals surface area (Å²) in [6, 6.07) is 10.3. The number of unbranched alkanes of at least 4 members (excludes halogenated alkanes) is 18. The van der Waals surface area contributed by atoms with Gasteiger partial charge in [0.15, 0.2) is 0 Å². The van der Waals surface area contributed by atoms with Gasteiger partial charge in [0, 0.05) is 13.2 Å². The molecule has 0 bridgehead atoms. The molecule has 0 spiro atoms. The van der Waals surface area contributed by atoms with Crippen LogP contribution < -0.4 is 0 Å². The molecule has 0 radical (unpaired) electrons. The van der Waals surface area contributed by atoms with Gasteiger partial charge in [-0.2, -0.15) is 0 Å². The normalized spacial score (nSPS) is 12.3. The number of alkyl halides is 1. The molecule has 0 aliphatic heterocycles. The average Bonchev–Trinajstić information content (AvgIpc) is 2.94. The van der Waals surface area contributed by atoms with Gasteiger partial charge in [-0.15, -0.1) is 0 Å². The second-order valence-electron chi connectivity index (χ2n) is 11.0. The Balaban J connectivity index is 2.00. The number of halogens is 1. The Morgan fingerprint density at radius 1 is 0.553 bits per heavy atom. The van der Waals surface area contributed by atoms with E-state index >= 15 is 0 Å². The largest absolute Gasteiger partial charge is 0.379 e. The van der Waals surface area contributed by atoms with Crippen LogP contribution in [0.2, 0.25) is 0 Å². The number of rotatable bonds is 30. The Bertz CT molecular complexity index is 568. The van der Waals surface area contributed by atoms with Gasteiger partial charge in [0.2, 0.25) is 0 Å². The summed E-state index contributed by atoms with van der Waals surface area (Å²) in [5.74, 6) is 0. The van der Waals surface area contributed by atoms with Crippen molar-refractivity contribution in [3.63, 3.8) is 0 Å². The number of benzene rings is 1. The van der Waals surface area contributed by atoms with Crippen LogP contribution in [-0.2, 0) is 20.8 Å². The SMILES string of the molecule is CCCCCCCCOC(COCCCCCCCCCCCCCCCC[18F])COCc1ccccc1. The fourth-order valence-electron chi connectivity index (χ4n) is 4.79. The zero-order valence-electron chi connectivity index (χ0n) is 25.0. The van der Waals surface area contributed by atoms with Gasteiger partial charge in [-0.3, -0.25) is 4.39 Å². The third-order valence-electron chi connectivity index (χ3n) is 7.24. The first-order valence-corrected chi connectivity index (χ1v) is 16.2. The van der Waals surface area contributed by atoms with Crippen LogP contribution in [0, 0.1) is 0 Å². The Hall–Kier alpha value is -0.970. The summed E-state index contributed by atoms with van der Waals surface area (Å²) in [7, 11) is 0. The molecule has 0 N–H and O–H groups in total. The first kappa shape index (κ1) is 35.1. The highest BCUT2D eigenvalue weighted by molar-refractivity contribution is 5.13. The highest BCUT2D eigenvalue weighted by Gasteiger charge is 2.10. The molecule has 0 heterocycles. The number of hydrogen-bond donors (Lipinski definition) is 0. The first-order valence-electron chi connectivity index (χ1n) is 16.2. The Morgan fingerprint density at radius 2 is 1.03 bits per heavy atom. The monoisotopic (exact) mass is 535 g/mol. The smallest absolute Gasteiger partial charge is 0.104 e. The maximum absolute atomic E-state index is 12.1. The van der Waals surface area contributed by atoms with Crippen LogP contribution in [0.3, 0.4) is 0 Å². The van der Waals surface area contributed by atoms with E-state index < -0.39 is 0 Å². The minimum Gasteiger partial charge on any atom is -0.379 e. The molecule has 0 aliphatic carbocycles. The van der Waals surface area contributed by atoms with Gasteiger partial charge >= 0.3 is 0 Å². The van der Waals surface area contributed by atoms with E-state index in [4.69, 9.17) is 14.2 Å². The zero-order chi connectivity index (χ0) is 27.2. The van der Waals surface area contributed by atoms with Crippen LogP contribution in [0.15, 0.2) is 30.3 Å². The molecular formula is C34H61FO3. The molecule has 38 heavy (non-hydrogen) atoms. The molecule has 1 unspecified atom stereocenters. The summed E-state index contributed by atoms with van der Waals surface area (Å²) in [5.41, 5.74) is 1.20. The van der Waals surface area contributed by atoms with E-state index in [1.54, 1.807) is 0 Å². The van der Waals surface area contributed by atoms with Crippen LogP contribution in [0.4, 0.5) is 4.39 Å². The lowest BCUT2D eigenvalue weighted by molar-refractivity contribution is -0.0645. The van der Waals surface area contributed by atoms with Crippen molar-refractivity contribution in [2.45, 2.75) is 148 Å². The lowest BCUT2D eigenvalue weighted by Crippen LogP contribution is -2.26. The number of hydrogen-bond acceptors (Lipinski definition) is 3. The zero-order valence-corrected chi connectivity index (χ0v) is 25.0. The van der Waals surface area contributed by atoms with Gasteiger partial charge in [-0.1, -0.05) is 146 Å². The molecule has 1 rings (SSSR count). The van der Waals surface area contributed by atoms with Crippen molar-refractivity contribution in [3.05, 3.63) is 35.9 Å². The predicted molar refractivity (Wildman–Crippen MR) is 161 cm³/mol. The minimum absolute atomic E-state index is 0.0181. The predicted octanol–water partition coefficient (Wildman–Crippen LogP) is 10.4. The molecule has 0 amide bonds. The van der Waals surface area contributed by atoms with E-state index in [0.717, 1.165) is 38.9 Å². The quantitative estimate of drug-likeness (QED) is 0.0917. The summed E-state index contributed by atoms with van der Waals surface area (Å²) in [6.45, 7) is 5.57. The van der Waals surface area contributed by atoms with E-state index in [1.807, 2.05) is 6.07 Å². The van der Waals surface area contributed by atoms with Crippen molar-refractivity contribution >= 4 is 0 Å². The van der Waals surface area contributed by atoms with E-state index in [-0.39, 0.29) is 12.8 Å². The molecule has 0 fully saturated rings. The second-order valence-corrected chi connectivity index (χ2v) is 11.0. The average molecular weight is 536 g/mol. The minimum atomic E-state index is -0.146. The standard InChI is InChI=1S/C34H61FO3/c1-2-3-4-5-18-24-29-38-34(32-37-30-33-25-20-19-21-26-33)31-36-28-23-17-15-13-11-9-7-6-8-10-12-14-16-22-27-35/h19-21,25-26,34H,2-18,22-24,27-32H2,1H3/i35-1. The van der Waals surface area contributed by atoms with Crippen molar-refractivity contribution in [2.75, 3.05) is 33.1 Å². The molecule has 0 saturated carbocycles. The summed E-state index contributed by atoms with van der Waals surface area (Å²) in [5, 5.41) is 0. The first-order chi connectivity index (χ1) is 18.9. The molecule has 0 aromatic heterocycles. The fourth-order valence-corrected chi connectivity index (χ4v) is 4.79. The second kappa shape index (κ2) is 29.0. The van der Waals surface area contributed by atoms with E-state index in [0.29, 0.717) is 19.8 Å². The van der Waals surface area contributed by atoms with E-state index in [2.05, 4.69) is 31.2 Å². The molecule has 1 atom stereocenters. The highest BCUT2D eigenvalue weighted by atomic mass is 18.2. The van der Waals surface area contributed by atoms with Gasteiger partial charge in [0.05, 0.1) is 26.5 Å². The molecule has 1 aromatic rings. The third-order valence-corrected chi connectivity index (χ3v) is 7.24. The van der Waals surface area contributed by atoms with Gasteiger partial charge in [-0.25, -0.2) is 0 Å². The Labute approximate surface area is 235 Å². The van der Waals surface area contributed by atoms with Crippen LogP contribution in [0.1, 0.15) is 141 Å². The van der Waals surface area contributed by atoms with Crippen LogP contribution in [0.25, 0.3) is 0 Å². The van der Waals surface area contributed by atoms with Crippen LogP contribution in [-0.4, -0.2) is 39.2 Å². The van der Waals surface area contributed by atoms with Gasteiger partial charge in [0.1, 0.15) is 6.10 Å². The third kappa shape index (κ3) is 24.1. The maximum atomic E-state index is 12.1. The molecule has 4 heteroatoms. The molecule has 0 aliphatic rings. The van der Waals surface area contributed by atoms with Crippen molar-refractivity contribution < 1.29 is 18.6 Å². The van der Waals surface area contributed by atoms with Gasteiger partial charge < -0.3 is 14.2 Å². The molecule has 222 valence electrons. The van der Waals surface area contributed by atoms with Crippen LogP contribution in [0.5, 0.6) is 0 Å². The highest BCUT2D eigenvalue weighted by Crippen LogP contribution is 2.13. The van der Waals surface area contributed by atoms with Gasteiger partial charge in [-0.05, 0) is 24.8 Å². The lowest BCUT2D eigenvalue weighted by Gasteiger charge is -2.18. The Morgan fingerprint density at radius 3 is 1.58 bits per heavy atom. The summed E-state index contributed by atoms with van der Waals surface area (Å²) in [4.78, 5) is 0. The lowest BCUT2D eigenvalue weighted by atomic mass is 10.0. The van der Waals surface area contributed by atoms with Crippen molar-refractivity contribution in [1.29, 1.82) is 0 Å². The number of ether oxygens (including phenoxy) is 3. The van der Waals surface area contributed by atoms with Crippen molar-refractivity contribution in [2.24, 2.45) is 0 Å². The molecule has 1 aromatic carbocycles. The summed E-state index contributed by atoms with van der Waals surface area (Å²) in [6.07, 6.45) is 25.2. The molecular weight excluding hydrogens is 474 g/mol.